The first kappa shape index (κ1) is 22.2. The highest BCUT2D eigenvalue weighted by Crippen LogP contribution is 2.32. The van der Waals surface area contributed by atoms with Gasteiger partial charge in [-0.1, -0.05) is 30.3 Å². The average molecular weight is 448 g/mol. The molecule has 31 heavy (non-hydrogen) atoms. The summed E-state index contributed by atoms with van der Waals surface area (Å²) in [6.45, 7) is 6.74. The monoisotopic (exact) mass is 447 g/mol. The number of nitrogens with zero attached hydrogens (tertiary/aromatic N) is 2. The van der Waals surface area contributed by atoms with Gasteiger partial charge < -0.3 is 9.64 Å². The molecule has 1 N–H and O–H groups in total. The van der Waals surface area contributed by atoms with Gasteiger partial charge in [0, 0.05) is 51.3 Å². The van der Waals surface area contributed by atoms with Crippen LogP contribution in [0, 0.1) is 5.82 Å². The molecule has 0 spiro atoms. The summed E-state index contributed by atoms with van der Waals surface area (Å²) in [4.78, 5) is 4.87. The van der Waals surface area contributed by atoms with Gasteiger partial charge in [-0.15, -0.1) is 0 Å². The van der Waals surface area contributed by atoms with Crippen molar-refractivity contribution in [2.75, 3.05) is 50.8 Å². The predicted molar refractivity (Wildman–Crippen MR) is 119 cm³/mol. The summed E-state index contributed by atoms with van der Waals surface area (Å²) in [5, 5.41) is 0. The second-order valence-corrected chi connectivity index (χ2v) is 9.85. The number of piperazine rings is 1. The van der Waals surface area contributed by atoms with Gasteiger partial charge in [0.05, 0.1) is 17.2 Å². The SMILES string of the molecule is CCOCC(CC1CNS(=O)(=O)c2ccccc21)N1CCN(c2ccccc2F)CC1. The zero-order valence-electron chi connectivity index (χ0n) is 17.8. The molecule has 2 aromatic carbocycles. The molecule has 0 saturated carbocycles. The smallest absolute Gasteiger partial charge is 0.240 e. The van der Waals surface area contributed by atoms with E-state index in [-0.39, 0.29) is 17.8 Å². The molecule has 1 fully saturated rings. The van der Waals surface area contributed by atoms with E-state index in [2.05, 4.69) is 14.5 Å². The van der Waals surface area contributed by atoms with Crippen LogP contribution in [0.1, 0.15) is 24.8 Å². The van der Waals surface area contributed by atoms with E-state index >= 15 is 0 Å². The lowest BCUT2D eigenvalue weighted by Crippen LogP contribution is -2.52. The van der Waals surface area contributed by atoms with Crippen molar-refractivity contribution in [2.24, 2.45) is 0 Å². The number of rotatable bonds is 7. The Labute approximate surface area is 184 Å². The number of ether oxygens (including phenoxy) is 1. The number of benzene rings is 2. The normalized spacial score (nSPS) is 22.1. The molecule has 4 rings (SSSR count). The summed E-state index contributed by atoms with van der Waals surface area (Å²) in [5.41, 5.74) is 1.53. The van der Waals surface area contributed by atoms with E-state index in [4.69, 9.17) is 4.74 Å². The Morgan fingerprint density at radius 1 is 1.10 bits per heavy atom. The average Bonchev–Trinajstić information content (AvgIpc) is 2.79. The summed E-state index contributed by atoms with van der Waals surface area (Å²) >= 11 is 0. The highest BCUT2D eigenvalue weighted by molar-refractivity contribution is 7.89. The van der Waals surface area contributed by atoms with Crippen LogP contribution in [0.15, 0.2) is 53.4 Å². The van der Waals surface area contributed by atoms with Crippen LogP contribution in [0.2, 0.25) is 0 Å². The predicted octanol–water partition coefficient (Wildman–Crippen LogP) is 2.82. The van der Waals surface area contributed by atoms with Gasteiger partial charge in [0.25, 0.3) is 0 Å². The van der Waals surface area contributed by atoms with E-state index in [0.717, 1.165) is 38.2 Å². The van der Waals surface area contributed by atoms with Gasteiger partial charge >= 0.3 is 0 Å². The molecule has 8 heteroatoms. The molecule has 0 aromatic heterocycles. The second-order valence-electron chi connectivity index (χ2n) is 8.11. The molecule has 2 aromatic rings. The second kappa shape index (κ2) is 9.65. The van der Waals surface area contributed by atoms with Crippen LogP contribution in [-0.2, 0) is 14.8 Å². The van der Waals surface area contributed by atoms with Gasteiger partial charge in [-0.05, 0) is 37.1 Å². The zero-order valence-corrected chi connectivity index (χ0v) is 18.7. The molecule has 0 radical (unpaired) electrons. The number of anilines is 1. The molecular weight excluding hydrogens is 417 g/mol. The van der Waals surface area contributed by atoms with Gasteiger partial charge in [0.15, 0.2) is 0 Å². The Kier molecular flexibility index (Phi) is 6.91. The van der Waals surface area contributed by atoms with E-state index in [0.29, 0.717) is 30.3 Å². The minimum atomic E-state index is -3.43. The van der Waals surface area contributed by atoms with Gasteiger partial charge in [-0.25, -0.2) is 17.5 Å². The molecule has 2 atom stereocenters. The fraction of sp³-hybridized carbons (Fsp3) is 0.478. The molecule has 2 aliphatic rings. The van der Waals surface area contributed by atoms with Gasteiger partial charge in [0.1, 0.15) is 5.82 Å². The largest absolute Gasteiger partial charge is 0.380 e. The Morgan fingerprint density at radius 3 is 2.55 bits per heavy atom. The quantitative estimate of drug-likeness (QED) is 0.707. The first-order valence-corrected chi connectivity index (χ1v) is 12.4. The summed E-state index contributed by atoms with van der Waals surface area (Å²) in [6, 6.07) is 14.3. The van der Waals surface area contributed by atoms with Crippen molar-refractivity contribution in [3.05, 3.63) is 59.9 Å². The van der Waals surface area contributed by atoms with Gasteiger partial charge in [-0.3, -0.25) is 4.90 Å². The minimum absolute atomic E-state index is 0.0924. The first-order valence-electron chi connectivity index (χ1n) is 10.9. The van der Waals surface area contributed by atoms with Crippen molar-refractivity contribution in [3.8, 4) is 0 Å². The van der Waals surface area contributed by atoms with Gasteiger partial charge in [-0.2, -0.15) is 0 Å². The van der Waals surface area contributed by atoms with Crippen LogP contribution < -0.4 is 9.62 Å². The summed E-state index contributed by atoms with van der Waals surface area (Å²) in [6.07, 6.45) is 0.805. The van der Waals surface area contributed by atoms with Crippen molar-refractivity contribution in [1.29, 1.82) is 0 Å². The minimum Gasteiger partial charge on any atom is -0.380 e. The first-order chi connectivity index (χ1) is 15.0. The maximum absolute atomic E-state index is 14.2. The number of sulfonamides is 1. The molecule has 2 unspecified atom stereocenters. The van der Waals surface area contributed by atoms with E-state index in [1.54, 1.807) is 18.2 Å². The van der Waals surface area contributed by atoms with Crippen molar-refractivity contribution in [3.63, 3.8) is 0 Å². The Bertz CT molecular complexity index is 993. The van der Waals surface area contributed by atoms with Crippen LogP contribution >= 0.6 is 0 Å². The zero-order chi connectivity index (χ0) is 21.8. The summed E-state index contributed by atoms with van der Waals surface area (Å²) in [5.74, 6) is -0.0947. The van der Waals surface area contributed by atoms with Crippen molar-refractivity contribution >= 4 is 15.7 Å². The summed E-state index contributed by atoms with van der Waals surface area (Å²) in [7, 11) is -3.43. The number of hydrogen-bond donors (Lipinski definition) is 1. The van der Waals surface area contributed by atoms with Crippen LogP contribution in [0.3, 0.4) is 0 Å². The molecule has 6 nitrogen and oxygen atoms in total. The number of nitrogens with one attached hydrogen (secondary N) is 1. The van der Waals surface area contributed by atoms with E-state index in [1.165, 1.54) is 6.07 Å². The molecule has 0 aliphatic carbocycles. The molecule has 2 heterocycles. The molecule has 0 bridgehead atoms. The summed E-state index contributed by atoms with van der Waals surface area (Å²) < 4.78 is 47.5. The molecule has 0 amide bonds. The van der Waals surface area contributed by atoms with Crippen LogP contribution in [0.4, 0.5) is 10.1 Å². The van der Waals surface area contributed by atoms with E-state index in [9.17, 15) is 12.8 Å². The lowest BCUT2D eigenvalue weighted by atomic mass is 9.91. The third-order valence-corrected chi connectivity index (χ3v) is 7.76. The van der Waals surface area contributed by atoms with Gasteiger partial charge in [0.2, 0.25) is 10.0 Å². The van der Waals surface area contributed by atoms with E-state index < -0.39 is 10.0 Å². The third kappa shape index (κ3) is 4.92. The molecule has 2 aliphatic heterocycles. The number of hydrogen-bond acceptors (Lipinski definition) is 5. The number of halogens is 1. The maximum atomic E-state index is 14.2. The topological polar surface area (TPSA) is 61.9 Å². The fourth-order valence-electron chi connectivity index (χ4n) is 4.61. The highest BCUT2D eigenvalue weighted by atomic mass is 32.2. The van der Waals surface area contributed by atoms with E-state index in [1.807, 2.05) is 31.2 Å². The Hall–Kier alpha value is -2.00. The van der Waals surface area contributed by atoms with Crippen LogP contribution in [0.25, 0.3) is 0 Å². The lowest BCUT2D eigenvalue weighted by Gasteiger charge is -2.41. The number of para-hydroxylation sites is 1. The van der Waals surface area contributed by atoms with Crippen molar-refractivity contribution < 1.29 is 17.5 Å². The van der Waals surface area contributed by atoms with Crippen molar-refractivity contribution in [1.82, 2.24) is 9.62 Å². The van der Waals surface area contributed by atoms with Crippen LogP contribution in [0.5, 0.6) is 0 Å². The maximum Gasteiger partial charge on any atom is 0.240 e. The van der Waals surface area contributed by atoms with Crippen LogP contribution in [-0.4, -0.2) is 65.3 Å². The Balaban J connectivity index is 1.47. The standard InChI is InChI=1S/C23H30FN3O3S/c1-2-30-17-19(15-18-16-25-31(28,29)23-10-6-3-7-20(18)23)26-11-13-27(14-12-26)22-9-5-4-8-21(22)24/h3-10,18-19,25H,2,11-17H2,1H3. The fourth-order valence-corrected chi connectivity index (χ4v) is 5.99. The molecule has 168 valence electrons. The highest BCUT2D eigenvalue weighted by Gasteiger charge is 2.33. The third-order valence-electron chi connectivity index (χ3n) is 6.26. The molecule has 1 saturated heterocycles. The van der Waals surface area contributed by atoms with Crippen molar-refractivity contribution in [2.45, 2.75) is 30.2 Å². The number of fused-ring (bicyclic) bond motifs is 1. The lowest BCUT2D eigenvalue weighted by molar-refractivity contribution is 0.0550. The molecular formula is C23H30FN3O3S. The Morgan fingerprint density at radius 2 is 1.81 bits per heavy atom.